The summed E-state index contributed by atoms with van der Waals surface area (Å²) in [5, 5.41) is 0. The first-order valence-corrected chi connectivity index (χ1v) is 13.7. The lowest BCUT2D eigenvalue weighted by Crippen LogP contribution is -2.26. The summed E-state index contributed by atoms with van der Waals surface area (Å²) in [6.45, 7) is 0. The molecular formula is C37H24BrN. The molecule has 0 N–H and O–H groups in total. The predicted molar refractivity (Wildman–Crippen MR) is 165 cm³/mol. The van der Waals surface area contributed by atoms with Gasteiger partial charge in [0.25, 0.3) is 0 Å². The number of anilines is 3. The molecule has 1 atom stereocenters. The number of hydrogen-bond acceptors (Lipinski definition) is 1. The molecule has 0 aromatic heterocycles. The largest absolute Gasteiger partial charge is 0.310 e. The molecule has 2 heteroatoms. The van der Waals surface area contributed by atoms with Crippen LogP contribution in [0, 0.1) is 0 Å². The van der Waals surface area contributed by atoms with Crippen molar-refractivity contribution in [1.29, 1.82) is 0 Å². The number of fused-ring (bicyclic) bond motifs is 10. The fourth-order valence-corrected chi connectivity index (χ4v) is 6.94. The molecule has 6 aromatic carbocycles. The highest BCUT2D eigenvalue weighted by molar-refractivity contribution is 9.10. The molecule has 0 saturated carbocycles. The van der Waals surface area contributed by atoms with Crippen molar-refractivity contribution in [1.82, 2.24) is 0 Å². The van der Waals surface area contributed by atoms with Crippen LogP contribution in [0.1, 0.15) is 29.1 Å². The molecule has 0 fully saturated rings. The highest BCUT2D eigenvalue weighted by Crippen LogP contribution is 2.63. The third-order valence-electron chi connectivity index (χ3n) is 8.02. The molecule has 2 aliphatic carbocycles. The Bertz CT molecular complexity index is 2120. The molecule has 0 heterocycles. The van der Waals surface area contributed by atoms with Crippen molar-refractivity contribution in [2.75, 3.05) is 4.90 Å². The van der Waals surface area contributed by atoms with Gasteiger partial charge in [0.05, 0.1) is 12.3 Å². The first kappa shape index (κ1) is 18.0. The van der Waals surface area contributed by atoms with E-state index >= 15 is 0 Å². The first-order valence-electron chi connectivity index (χ1n) is 15.4. The molecule has 0 saturated heterocycles. The van der Waals surface area contributed by atoms with Gasteiger partial charge in [-0.3, -0.25) is 0 Å². The number of para-hydroxylation sites is 2. The lowest BCUT2D eigenvalue weighted by atomic mass is 9.70. The maximum Gasteiger partial charge on any atom is 0.0726 e. The minimum absolute atomic E-state index is 0.113. The van der Waals surface area contributed by atoms with Crippen LogP contribution in [-0.4, -0.2) is 0 Å². The smallest absolute Gasteiger partial charge is 0.0726 e. The van der Waals surface area contributed by atoms with Crippen LogP contribution in [0.25, 0.3) is 22.3 Å². The zero-order chi connectivity index (χ0) is 30.3. The highest BCUT2D eigenvalue weighted by atomic mass is 79.9. The van der Waals surface area contributed by atoms with Gasteiger partial charge in [0.15, 0.2) is 0 Å². The quantitative estimate of drug-likeness (QED) is 0.205. The Morgan fingerprint density at radius 2 is 1.05 bits per heavy atom. The van der Waals surface area contributed by atoms with Crippen molar-refractivity contribution in [2.24, 2.45) is 0 Å². The van der Waals surface area contributed by atoms with Crippen molar-refractivity contribution in [2.45, 2.75) is 5.41 Å². The normalized spacial score (nSPS) is 17.7. The minimum atomic E-state index is -0.597. The van der Waals surface area contributed by atoms with Crippen LogP contribution >= 0.6 is 15.9 Å². The number of nitrogens with zero attached hydrogens (tertiary/aromatic N) is 1. The Morgan fingerprint density at radius 3 is 1.74 bits per heavy atom. The van der Waals surface area contributed by atoms with Crippen molar-refractivity contribution in [3.05, 3.63) is 172 Å². The topological polar surface area (TPSA) is 3.24 Å². The second-order valence-corrected chi connectivity index (χ2v) is 10.8. The maximum atomic E-state index is 8.88. The lowest BCUT2D eigenvalue weighted by Gasteiger charge is -2.32. The van der Waals surface area contributed by atoms with E-state index in [9.17, 15) is 0 Å². The average molecular weight is 568 g/mol. The molecule has 1 nitrogen and oxygen atoms in total. The van der Waals surface area contributed by atoms with Crippen molar-refractivity contribution in [3.8, 4) is 22.3 Å². The summed E-state index contributed by atoms with van der Waals surface area (Å²) in [5.74, 6) is 0. The van der Waals surface area contributed by atoms with E-state index in [1.165, 1.54) is 27.8 Å². The lowest BCUT2D eigenvalue weighted by molar-refractivity contribution is 0.793. The van der Waals surface area contributed by atoms with E-state index in [1.807, 2.05) is 36.4 Å². The van der Waals surface area contributed by atoms with Gasteiger partial charge >= 0.3 is 0 Å². The van der Waals surface area contributed by atoms with Crippen LogP contribution in [0.4, 0.5) is 17.1 Å². The number of rotatable bonds is 3. The molecule has 184 valence electrons. The number of hydrogen-bond donors (Lipinski definition) is 0. The van der Waals surface area contributed by atoms with E-state index in [1.54, 1.807) is 4.90 Å². The minimum Gasteiger partial charge on any atom is -0.310 e. The first-order chi connectivity index (χ1) is 21.3. The third-order valence-corrected chi connectivity index (χ3v) is 8.51. The summed E-state index contributed by atoms with van der Waals surface area (Å²) >= 11 is 3.75. The predicted octanol–water partition coefficient (Wildman–Crippen LogP) is 10.3. The molecule has 2 aliphatic rings. The van der Waals surface area contributed by atoms with Crippen LogP contribution in [-0.2, 0) is 5.41 Å². The number of halogens is 1. The van der Waals surface area contributed by atoms with Crippen molar-refractivity contribution in [3.63, 3.8) is 0 Å². The molecule has 0 bridgehead atoms. The van der Waals surface area contributed by atoms with E-state index < -0.39 is 11.5 Å². The van der Waals surface area contributed by atoms with E-state index in [0.29, 0.717) is 11.4 Å². The fraction of sp³-hybridized carbons (Fsp3) is 0.0270. The molecule has 1 unspecified atom stereocenters. The maximum absolute atomic E-state index is 8.88. The summed E-state index contributed by atoms with van der Waals surface area (Å²) in [5.41, 5.74) is 10.2. The number of benzene rings is 6. The van der Waals surface area contributed by atoms with Crippen LogP contribution < -0.4 is 4.90 Å². The Kier molecular flexibility index (Phi) is 3.95. The third kappa shape index (κ3) is 3.13. The molecule has 0 amide bonds. The van der Waals surface area contributed by atoms with Gasteiger partial charge in [-0.15, -0.1) is 0 Å². The summed E-state index contributed by atoms with van der Waals surface area (Å²) < 4.78 is 43.8. The van der Waals surface area contributed by atoms with E-state index in [-0.39, 0.29) is 29.9 Å². The van der Waals surface area contributed by atoms with E-state index in [4.69, 9.17) is 6.85 Å². The molecular weight excluding hydrogens is 538 g/mol. The zero-order valence-electron chi connectivity index (χ0n) is 25.8. The van der Waals surface area contributed by atoms with Crippen LogP contribution in [0.15, 0.2) is 150 Å². The van der Waals surface area contributed by atoms with Gasteiger partial charge in [0, 0.05) is 21.5 Å². The average Bonchev–Trinajstić information content (AvgIpc) is 3.51. The standard InChI is InChI=1S/C37H24BrN/c38-25-19-21-31-29-15-7-9-17-33(29)37(35(31)23-25)34-18-10-8-16-30(34)32-22-20-28(24-36(32)37)39(26-11-3-1-4-12-26)27-13-5-2-6-14-27/h1-24H/i1D,3D,4D,11D,12D. The van der Waals surface area contributed by atoms with Gasteiger partial charge in [0.2, 0.25) is 0 Å². The van der Waals surface area contributed by atoms with Crippen molar-refractivity contribution >= 4 is 33.0 Å². The van der Waals surface area contributed by atoms with Gasteiger partial charge in [0.1, 0.15) is 0 Å². The van der Waals surface area contributed by atoms with Crippen LogP contribution in [0.3, 0.4) is 0 Å². The van der Waals surface area contributed by atoms with E-state index in [2.05, 4.69) is 94.8 Å². The molecule has 6 aromatic rings. The monoisotopic (exact) mass is 566 g/mol. The Balaban J connectivity index is 1.48. The Hall–Kier alpha value is -4.40. The SMILES string of the molecule is [2H]c1c([2H])c([2H])c(N(c2ccccc2)c2ccc3c(c2)C2(c4ccccc4-c4ccc(Br)cc42)c2ccccc2-3)c([2H])c1[2H]. The van der Waals surface area contributed by atoms with Gasteiger partial charge in [-0.2, -0.15) is 0 Å². The van der Waals surface area contributed by atoms with Gasteiger partial charge in [-0.1, -0.05) is 113 Å². The Labute approximate surface area is 244 Å². The van der Waals surface area contributed by atoms with Crippen molar-refractivity contribution < 1.29 is 6.85 Å². The molecule has 0 aliphatic heterocycles. The molecule has 1 spiro atoms. The zero-order valence-corrected chi connectivity index (χ0v) is 22.4. The summed E-state index contributed by atoms with van der Waals surface area (Å²) in [7, 11) is 0. The summed E-state index contributed by atoms with van der Waals surface area (Å²) in [4.78, 5) is 1.79. The molecule has 8 rings (SSSR count). The van der Waals surface area contributed by atoms with Gasteiger partial charge < -0.3 is 4.90 Å². The second-order valence-electron chi connectivity index (χ2n) is 9.91. The van der Waals surface area contributed by atoms with E-state index in [0.717, 1.165) is 21.2 Å². The molecule has 39 heavy (non-hydrogen) atoms. The van der Waals surface area contributed by atoms with Gasteiger partial charge in [-0.25, -0.2) is 0 Å². The highest BCUT2D eigenvalue weighted by Gasteiger charge is 2.51. The summed E-state index contributed by atoms with van der Waals surface area (Å²) in [6.07, 6.45) is 0. The summed E-state index contributed by atoms with van der Waals surface area (Å²) in [6, 6.07) is 37.7. The van der Waals surface area contributed by atoms with Gasteiger partial charge in [-0.05, 0) is 93.0 Å². The van der Waals surface area contributed by atoms with Crippen LogP contribution in [0.5, 0.6) is 0 Å². The fourth-order valence-electron chi connectivity index (χ4n) is 6.58. The van der Waals surface area contributed by atoms with Crippen LogP contribution in [0.2, 0.25) is 0 Å². The second kappa shape index (κ2) is 8.56. The molecule has 0 radical (unpaired) electrons. The Morgan fingerprint density at radius 1 is 0.487 bits per heavy atom.